The first kappa shape index (κ1) is 16.1. The fourth-order valence-electron chi connectivity index (χ4n) is 1.66. The second kappa shape index (κ2) is 5.60. The average molecular weight is 288 g/mol. The van der Waals surface area contributed by atoms with Crippen LogP contribution in [0.1, 0.15) is 26.5 Å². The largest absolute Gasteiger partial charge is 0.308 e. The highest BCUT2D eigenvalue weighted by Gasteiger charge is 2.29. The Morgan fingerprint density at radius 3 is 2.42 bits per heavy atom. The van der Waals surface area contributed by atoms with Crippen LogP contribution >= 0.6 is 0 Å². The highest BCUT2D eigenvalue weighted by atomic mass is 32.2. The molecule has 0 saturated heterocycles. The van der Waals surface area contributed by atoms with Crippen LogP contribution in [0.3, 0.4) is 0 Å². The minimum absolute atomic E-state index is 0.265. The number of nitrogens with zero attached hydrogens (tertiary/aromatic N) is 3. The van der Waals surface area contributed by atoms with Gasteiger partial charge in [-0.1, -0.05) is 20.8 Å². The molecule has 0 unspecified atom stereocenters. The van der Waals surface area contributed by atoms with Crippen molar-refractivity contribution >= 4 is 10.0 Å². The highest BCUT2D eigenvalue weighted by Crippen LogP contribution is 2.27. The molecule has 0 spiro atoms. The van der Waals surface area contributed by atoms with E-state index >= 15 is 0 Å². The fraction of sp³-hybridized carbons (Fsp3) is 0.750. The highest BCUT2D eigenvalue weighted by molar-refractivity contribution is 7.89. The van der Waals surface area contributed by atoms with Gasteiger partial charge in [0.25, 0.3) is 0 Å². The van der Waals surface area contributed by atoms with Crippen LogP contribution in [0.4, 0.5) is 0 Å². The van der Waals surface area contributed by atoms with Gasteiger partial charge in [0.1, 0.15) is 4.90 Å². The van der Waals surface area contributed by atoms with Crippen molar-refractivity contribution in [1.82, 2.24) is 19.4 Å². The molecule has 0 aliphatic carbocycles. The molecule has 19 heavy (non-hydrogen) atoms. The van der Waals surface area contributed by atoms with Gasteiger partial charge in [-0.3, -0.25) is 4.68 Å². The smallest absolute Gasteiger partial charge is 0.244 e. The monoisotopic (exact) mass is 288 g/mol. The van der Waals surface area contributed by atoms with Crippen LogP contribution in [0, 0.1) is 0 Å². The zero-order valence-electron chi connectivity index (χ0n) is 12.6. The van der Waals surface area contributed by atoms with Gasteiger partial charge in [-0.15, -0.1) is 0 Å². The summed E-state index contributed by atoms with van der Waals surface area (Å²) >= 11 is 0. The lowest BCUT2D eigenvalue weighted by molar-refractivity contribution is 0.412. The molecule has 6 nitrogen and oxygen atoms in total. The molecule has 1 rings (SSSR count). The van der Waals surface area contributed by atoms with Crippen molar-refractivity contribution in [2.45, 2.75) is 31.1 Å². The summed E-state index contributed by atoms with van der Waals surface area (Å²) in [5, 5.41) is 4.28. The van der Waals surface area contributed by atoms with Crippen molar-refractivity contribution in [3.63, 3.8) is 0 Å². The van der Waals surface area contributed by atoms with Crippen molar-refractivity contribution in [3.05, 3.63) is 11.9 Å². The zero-order valence-corrected chi connectivity index (χ0v) is 13.4. The maximum atomic E-state index is 12.3. The van der Waals surface area contributed by atoms with E-state index in [2.05, 4.69) is 9.82 Å². The number of rotatable bonds is 5. The summed E-state index contributed by atoms with van der Waals surface area (Å²) in [6, 6.07) is 0. The Morgan fingerprint density at radius 2 is 1.95 bits per heavy atom. The molecule has 0 aliphatic heterocycles. The molecule has 0 aromatic carbocycles. The standard InChI is InChI=1S/C12H24N4O2S/c1-12(2,3)11-10(9-16(6)14-11)19(17,18)13-7-8-15(4)5/h9,13H,7-8H2,1-6H3. The molecular formula is C12H24N4O2S. The maximum absolute atomic E-state index is 12.3. The SMILES string of the molecule is CN(C)CCNS(=O)(=O)c1cn(C)nc1C(C)(C)C. The van der Waals surface area contributed by atoms with Crippen molar-refractivity contribution in [3.8, 4) is 0 Å². The van der Waals surface area contributed by atoms with Crippen LogP contribution in [-0.2, 0) is 22.5 Å². The fourth-order valence-corrected chi connectivity index (χ4v) is 3.07. The molecule has 1 N–H and O–H groups in total. The van der Waals surface area contributed by atoms with Crippen molar-refractivity contribution in [2.75, 3.05) is 27.2 Å². The predicted molar refractivity (Wildman–Crippen MR) is 75.7 cm³/mol. The maximum Gasteiger partial charge on any atom is 0.244 e. The number of sulfonamides is 1. The van der Waals surface area contributed by atoms with Crippen molar-refractivity contribution in [2.24, 2.45) is 7.05 Å². The third-order valence-corrected chi connectivity index (χ3v) is 4.11. The Morgan fingerprint density at radius 1 is 1.37 bits per heavy atom. The Balaban J connectivity index is 3.02. The van der Waals surface area contributed by atoms with E-state index in [1.165, 1.54) is 0 Å². The minimum Gasteiger partial charge on any atom is -0.308 e. The summed E-state index contributed by atoms with van der Waals surface area (Å²) in [4.78, 5) is 2.19. The summed E-state index contributed by atoms with van der Waals surface area (Å²) in [6.45, 7) is 6.90. The summed E-state index contributed by atoms with van der Waals surface area (Å²) in [6.07, 6.45) is 1.55. The molecule has 0 radical (unpaired) electrons. The number of aromatic nitrogens is 2. The lowest BCUT2D eigenvalue weighted by atomic mass is 9.92. The molecule has 0 atom stereocenters. The molecule has 0 amide bonds. The van der Waals surface area contributed by atoms with Gasteiger partial charge in [-0.2, -0.15) is 5.10 Å². The summed E-state index contributed by atoms with van der Waals surface area (Å²) in [5.41, 5.74) is 0.278. The second-order valence-electron chi connectivity index (χ2n) is 5.97. The van der Waals surface area contributed by atoms with Crippen LogP contribution in [0.5, 0.6) is 0 Å². The average Bonchev–Trinajstić information content (AvgIpc) is 2.59. The van der Waals surface area contributed by atoms with E-state index < -0.39 is 10.0 Å². The summed E-state index contributed by atoms with van der Waals surface area (Å²) in [7, 11) is 2.02. The second-order valence-corrected chi connectivity index (χ2v) is 7.70. The molecule has 1 aromatic heterocycles. The predicted octanol–water partition coefficient (Wildman–Crippen LogP) is 0.558. The molecule has 0 fully saturated rings. The molecule has 1 aromatic rings. The number of likely N-dealkylation sites (N-methyl/N-ethyl adjacent to an activating group) is 1. The van der Waals surface area contributed by atoms with Crippen LogP contribution in [0.15, 0.2) is 11.1 Å². The van der Waals surface area contributed by atoms with Crippen LogP contribution in [0.2, 0.25) is 0 Å². The normalized spacial score (nSPS) is 13.2. The van der Waals surface area contributed by atoms with E-state index in [1.807, 2.05) is 39.8 Å². The number of hydrogen-bond donors (Lipinski definition) is 1. The van der Waals surface area contributed by atoms with Gasteiger partial charge in [-0.05, 0) is 14.1 Å². The van der Waals surface area contributed by atoms with Gasteiger partial charge in [-0.25, -0.2) is 13.1 Å². The zero-order chi connectivity index (χ0) is 14.8. The Labute approximate surface area is 115 Å². The van der Waals surface area contributed by atoms with Gasteiger partial charge in [0.05, 0.1) is 5.69 Å². The van der Waals surface area contributed by atoms with E-state index in [4.69, 9.17) is 0 Å². The van der Waals surface area contributed by atoms with Crippen molar-refractivity contribution < 1.29 is 8.42 Å². The topological polar surface area (TPSA) is 67.2 Å². The van der Waals surface area contributed by atoms with Gasteiger partial charge < -0.3 is 4.90 Å². The van der Waals surface area contributed by atoms with E-state index in [-0.39, 0.29) is 10.3 Å². The quantitative estimate of drug-likeness (QED) is 0.859. The van der Waals surface area contributed by atoms with Crippen LogP contribution in [0.25, 0.3) is 0 Å². The molecule has 110 valence electrons. The number of aryl methyl sites for hydroxylation is 1. The Hall–Kier alpha value is -0.920. The number of hydrogen-bond acceptors (Lipinski definition) is 4. The van der Waals surface area contributed by atoms with Gasteiger partial charge in [0, 0.05) is 31.7 Å². The summed E-state index contributed by atoms with van der Waals surface area (Å²) < 4.78 is 28.8. The van der Waals surface area contributed by atoms with Gasteiger partial charge in [0.2, 0.25) is 10.0 Å². The molecule has 0 aliphatic rings. The van der Waals surface area contributed by atoms with Crippen LogP contribution < -0.4 is 4.72 Å². The molecule has 7 heteroatoms. The van der Waals surface area contributed by atoms with Crippen molar-refractivity contribution in [1.29, 1.82) is 0 Å². The number of nitrogens with one attached hydrogen (secondary N) is 1. The lowest BCUT2D eigenvalue weighted by Gasteiger charge is -2.18. The first-order valence-electron chi connectivity index (χ1n) is 6.22. The minimum atomic E-state index is -3.51. The van der Waals surface area contributed by atoms with E-state index in [0.29, 0.717) is 18.8 Å². The van der Waals surface area contributed by atoms with Gasteiger partial charge in [0.15, 0.2) is 0 Å². The van der Waals surface area contributed by atoms with E-state index in [9.17, 15) is 8.42 Å². The third kappa shape index (κ3) is 4.29. The Kier molecular flexibility index (Phi) is 4.76. The van der Waals surface area contributed by atoms with Gasteiger partial charge >= 0.3 is 0 Å². The molecule has 0 saturated carbocycles. The first-order valence-corrected chi connectivity index (χ1v) is 7.71. The third-order valence-electron chi connectivity index (χ3n) is 2.65. The first-order chi connectivity index (χ1) is 8.54. The Bertz CT molecular complexity index is 526. The lowest BCUT2D eigenvalue weighted by Crippen LogP contribution is -2.32. The molecule has 1 heterocycles. The van der Waals surface area contributed by atoms with E-state index in [0.717, 1.165) is 0 Å². The molecule has 0 bridgehead atoms. The van der Waals surface area contributed by atoms with E-state index in [1.54, 1.807) is 17.9 Å². The summed E-state index contributed by atoms with van der Waals surface area (Å²) in [5.74, 6) is 0. The molecular weight excluding hydrogens is 264 g/mol. The van der Waals surface area contributed by atoms with Crippen LogP contribution in [-0.4, -0.2) is 50.3 Å².